The number of aliphatic hydroxyl groups is 1. The predicted molar refractivity (Wildman–Crippen MR) is 93.3 cm³/mol. The summed E-state index contributed by atoms with van der Waals surface area (Å²) in [6.07, 6.45) is -0.557. The van der Waals surface area contributed by atoms with Gasteiger partial charge in [0.2, 0.25) is 0 Å². The Morgan fingerprint density at radius 3 is 2.40 bits per heavy atom. The van der Waals surface area contributed by atoms with Gasteiger partial charge in [-0.3, -0.25) is 0 Å². The van der Waals surface area contributed by atoms with Gasteiger partial charge in [-0.2, -0.15) is 0 Å². The monoisotopic (exact) mass is 447 g/mol. The Morgan fingerprint density at radius 2 is 1.75 bits per heavy atom. The number of hydrogen-bond donors (Lipinski definition) is 2. The van der Waals surface area contributed by atoms with Crippen LogP contribution in [0.1, 0.15) is 0 Å². The van der Waals surface area contributed by atoms with Crippen LogP contribution in [0.2, 0.25) is 0 Å². The Morgan fingerprint density at radius 1 is 1.10 bits per heavy atom. The number of nitrogens with one attached hydrogen (secondary N) is 1. The number of ether oxygens (including phenoxy) is 1. The third-order valence-electron chi connectivity index (χ3n) is 2.64. The van der Waals surface area contributed by atoms with Crippen LogP contribution in [-0.2, 0) is 0 Å². The zero-order chi connectivity index (χ0) is 14.4. The van der Waals surface area contributed by atoms with E-state index in [-0.39, 0.29) is 6.61 Å². The van der Waals surface area contributed by atoms with E-state index in [0.29, 0.717) is 6.54 Å². The van der Waals surface area contributed by atoms with Crippen LogP contribution in [0, 0.1) is 3.57 Å². The lowest BCUT2D eigenvalue weighted by Crippen LogP contribution is -2.26. The third-order valence-corrected chi connectivity index (χ3v) is 3.89. The molecule has 106 valence electrons. The summed E-state index contributed by atoms with van der Waals surface area (Å²) in [5.74, 6) is 0.751. The van der Waals surface area contributed by atoms with E-state index in [1.807, 2.05) is 48.5 Å². The smallest absolute Gasteiger partial charge is 0.119 e. The van der Waals surface area contributed by atoms with Crippen LogP contribution in [0.25, 0.3) is 0 Å². The van der Waals surface area contributed by atoms with E-state index in [1.165, 1.54) is 3.57 Å². The molecule has 1 unspecified atom stereocenters. The van der Waals surface area contributed by atoms with Gasteiger partial charge in [0.1, 0.15) is 18.5 Å². The Balaban J connectivity index is 1.73. The van der Waals surface area contributed by atoms with Crippen molar-refractivity contribution in [2.45, 2.75) is 6.10 Å². The fourth-order valence-corrected chi connectivity index (χ4v) is 2.21. The summed E-state index contributed by atoms with van der Waals surface area (Å²) in [4.78, 5) is 0. The Labute approximate surface area is 140 Å². The zero-order valence-electron chi connectivity index (χ0n) is 10.7. The zero-order valence-corrected chi connectivity index (χ0v) is 14.5. The molecule has 2 aromatic carbocycles. The van der Waals surface area contributed by atoms with Gasteiger partial charge in [0.25, 0.3) is 0 Å². The van der Waals surface area contributed by atoms with Crippen LogP contribution >= 0.6 is 38.5 Å². The standard InChI is InChI=1S/C15H15BrINO2/c16-11-1-7-15(8-2-11)20-10-14(19)9-18-13-5-3-12(17)4-6-13/h1-8,14,18-19H,9-10H2. The maximum atomic E-state index is 9.88. The molecule has 0 saturated heterocycles. The van der Waals surface area contributed by atoms with E-state index in [2.05, 4.69) is 43.8 Å². The molecule has 0 heterocycles. The second kappa shape index (κ2) is 7.85. The van der Waals surface area contributed by atoms with Crippen molar-refractivity contribution in [2.75, 3.05) is 18.5 Å². The van der Waals surface area contributed by atoms with Crippen molar-refractivity contribution >= 4 is 44.2 Å². The second-order valence-corrected chi connectivity index (χ2v) is 6.47. The van der Waals surface area contributed by atoms with Gasteiger partial charge in [0, 0.05) is 20.3 Å². The van der Waals surface area contributed by atoms with Crippen LogP contribution in [0.4, 0.5) is 5.69 Å². The highest BCUT2D eigenvalue weighted by Crippen LogP contribution is 2.16. The molecule has 5 heteroatoms. The summed E-state index contributed by atoms with van der Waals surface area (Å²) >= 11 is 5.63. The molecule has 0 radical (unpaired) electrons. The van der Waals surface area contributed by atoms with Crippen molar-refractivity contribution < 1.29 is 9.84 Å². The van der Waals surface area contributed by atoms with Gasteiger partial charge in [-0.15, -0.1) is 0 Å². The van der Waals surface area contributed by atoms with Crippen molar-refractivity contribution in [1.82, 2.24) is 0 Å². The van der Waals surface area contributed by atoms with E-state index in [1.54, 1.807) is 0 Å². The molecule has 0 aliphatic heterocycles. The highest BCUT2D eigenvalue weighted by Gasteiger charge is 2.05. The van der Waals surface area contributed by atoms with Crippen molar-refractivity contribution in [3.8, 4) is 5.75 Å². The van der Waals surface area contributed by atoms with Crippen LogP contribution in [0.5, 0.6) is 5.75 Å². The van der Waals surface area contributed by atoms with Crippen LogP contribution in [-0.4, -0.2) is 24.4 Å². The number of anilines is 1. The maximum Gasteiger partial charge on any atom is 0.119 e. The van der Waals surface area contributed by atoms with Crippen LogP contribution in [0.15, 0.2) is 53.0 Å². The number of hydrogen-bond acceptors (Lipinski definition) is 3. The fourth-order valence-electron chi connectivity index (χ4n) is 1.59. The van der Waals surface area contributed by atoms with E-state index in [9.17, 15) is 5.11 Å². The van der Waals surface area contributed by atoms with Crippen LogP contribution < -0.4 is 10.1 Å². The minimum absolute atomic E-state index is 0.263. The molecule has 2 aromatic rings. The minimum atomic E-state index is -0.557. The average Bonchev–Trinajstić information content (AvgIpc) is 2.46. The topological polar surface area (TPSA) is 41.5 Å². The van der Waals surface area contributed by atoms with Gasteiger partial charge in [-0.25, -0.2) is 0 Å². The number of halogens is 2. The highest BCUT2D eigenvalue weighted by molar-refractivity contribution is 14.1. The molecule has 0 saturated carbocycles. The maximum absolute atomic E-state index is 9.88. The SMILES string of the molecule is OC(CNc1ccc(I)cc1)COc1ccc(Br)cc1. The summed E-state index contributed by atoms with van der Waals surface area (Å²) in [7, 11) is 0. The fraction of sp³-hybridized carbons (Fsp3) is 0.200. The molecule has 0 amide bonds. The first-order valence-electron chi connectivity index (χ1n) is 6.19. The van der Waals surface area contributed by atoms with Gasteiger partial charge in [0.05, 0.1) is 0 Å². The summed E-state index contributed by atoms with van der Waals surface area (Å²) < 4.78 is 7.71. The molecule has 3 nitrogen and oxygen atoms in total. The molecular formula is C15H15BrINO2. The molecule has 2 rings (SSSR count). The van der Waals surface area contributed by atoms with Gasteiger partial charge in [-0.1, -0.05) is 15.9 Å². The van der Waals surface area contributed by atoms with Crippen molar-refractivity contribution in [3.05, 3.63) is 56.6 Å². The van der Waals surface area contributed by atoms with Crippen molar-refractivity contribution in [1.29, 1.82) is 0 Å². The molecule has 0 aliphatic carbocycles. The molecule has 20 heavy (non-hydrogen) atoms. The minimum Gasteiger partial charge on any atom is -0.491 e. The Hall–Kier alpha value is -0.790. The van der Waals surface area contributed by atoms with Crippen molar-refractivity contribution in [2.24, 2.45) is 0 Å². The normalized spacial score (nSPS) is 11.9. The Bertz CT molecular complexity index is 481. The van der Waals surface area contributed by atoms with Crippen molar-refractivity contribution in [3.63, 3.8) is 0 Å². The molecule has 0 fully saturated rings. The van der Waals surface area contributed by atoms with E-state index < -0.39 is 6.10 Å². The average molecular weight is 448 g/mol. The molecule has 0 aliphatic rings. The van der Waals surface area contributed by atoms with Crippen LogP contribution in [0.3, 0.4) is 0 Å². The summed E-state index contributed by atoms with van der Waals surface area (Å²) in [5.41, 5.74) is 0.994. The molecule has 1 atom stereocenters. The summed E-state index contributed by atoms with van der Waals surface area (Å²) in [6, 6.07) is 15.6. The van der Waals surface area contributed by atoms with E-state index in [0.717, 1.165) is 15.9 Å². The highest BCUT2D eigenvalue weighted by atomic mass is 127. The third kappa shape index (κ3) is 5.30. The van der Waals surface area contributed by atoms with Gasteiger partial charge in [0.15, 0.2) is 0 Å². The van der Waals surface area contributed by atoms with E-state index >= 15 is 0 Å². The summed E-state index contributed by atoms with van der Waals surface area (Å²) in [5, 5.41) is 13.1. The van der Waals surface area contributed by atoms with Gasteiger partial charge < -0.3 is 15.2 Å². The molecule has 0 aromatic heterocycles. The first-order chi connectivity index (χ1) is 9.63. The first-order valence-corrected chi connectivity index (χ1v) is 8.06. The first kappa shape index (κ1) is 15.6. The second-order valence-electron chi connectivity index (χ2n) is 4.31. The lowest BCUT2D eigenvalue weighted by molar-refractivity contribution is 0.117. The lowest BCUT2D eigenvalue weighted by atomic mass is 10.3. The quantitative estimate of drug-likeness (QED) is 0.660. The Kier molecular flexibility index (Phi) is 6.12. The molecule has 0 bridgehead atoms. The summed E-state index contributed by atoms with van der Waals surface area (Å²) in [6.45, 7) is 0.718. The molecule has 2 N–H and O–H groups in total. The lowest BCUT2D eigenvalue weighted by Gasteiger charge is -2.14. The predicted octanol–water partition coefficient (Wildman–Crippen LogP) is 3.91. The van der Waals surface area contributed by atoms with Gasteiger partial charge >= 0.3 is 0 Å². The van der Waals surface area contributed by atoms with Gasteiger partial charge in [-0.05, 0) is 71.1 Å². The molecule has 0 spiro atoms. The molecular weight excluding hydrogens is 433 g/mol. The number of benzene rings is 2. The largest absolute Gasteiger partial charge is 0.491 e. The van der Waals surface area contributed by atoms with E-state index in [4.69, 9.17) is 4.74 Å². The number of aliphatic hydroxyl groups excluding tert-OH is 1. The number of rotatable bonds is 6.